The Bertz CT molecular complexity index is 678. The summed E-state index contributed by atoms with van der Waals surface area (Å²) in [5.74, 6) is 3.58. The third kappa shape index (κ3) is 4.98. The number of fused-ring (bicyclic) bond motifs is 1. The van der Waals surface area contributed by atoms with Crippen molar-refractivity contribution in [1.29, 1.82) is 0 Å². The molecule has 0 amide bonds. The molecule has 0 radical (unpaired) electrons. The molecule has 0 heterocycles. The SMILES string of the molecule is C=C1CC[C@H](O)C/C1=C/C=C1\CCCC2(C)C1CCC2[C@H](C)/C=C/C(C)C(C)C. The smallest absolute Gasteiger partial charge is 0.0583 e. The zero-order chi connectivity index (χ0) is 21.2. The Morgan fingerprint density at radius 3 is 2.52 bits per heavy atom. The van der Waals surface area contributed by atoms with E-state index in [0.29, 0.717) is 17.3 Å². The van der Waals surface area contributed by atoms with Gasteiger partial charge in [-0.3, -0.25) is 0 Å². The number of aliphatic hydroxyl groups excluding tert-OH is 1. The molecular formula is C28H44O. The summed E-state index contributed by atoms with van der Waals surface area (Å²) >= 11 is 0. The van der Waals surface area contributed by atoms with Crippen LogP contribution in [-0.2, 0) is 0 Å². The summed E-state index contributed by atoms with van der Waals surface area (Å²) in [7, 11) is 0. The number of aliphatic hydroxyl groups is 1. The van der Waals surface area contributed by atoms with E-state index in [1.54, 1.807) is 5.57 Å². The molecule has 3 rings (SSSR count). The fourth-order valence-electron chi connectivity index (χ4n) is 6.25. The summed E-state index contributed by atoms with van der Waals surface area (Å²) in [5.41, 5.74) is 4.61. The van der Waals surface area contributed by atoms with Crippen LogP contribution in [0, 0.1) is 35.0 Å². The first kappa shape index (κ1) is 22.6. The van der Waals surface area contributed by atoms with E-state index in [2.05, 4.69) is 65.5 Å². The minimum absolute atomic E-state index is 0.182. The molecule has 162 valence electrons. The summed E-state index contributed by atoms with van der Waals surface area (Å²) in [4.78, 5) is 0. The van der Waals surface area contributed by atoms with Gasteiger partial charge in [-0.15, -0.1) is 0 Å². The first-order valence-corrected chi connectivity index (χ1v) is 12.2. The minimum atomic E-state index is -0.182. The predicted molar refractivity (Wildman–Crippen MR) is 126 cm³/mol. The predicted octanol–water partition coefficient (Wildman–Crippen LogP) is 7.64. The van der Waals surface area contributed by atoms with Gasteiger partial charge in [0.15, 0.2) is 0 Å². The van der Waals surface area contributed by atoms with Crippen molar-refractivity contribution >= 4 is 0 Å². The highest BCUT2D eigenvalue weighted by Crippen LogP contribution is 2.59. The standard InChI is InChI=1S/C28H44O/c1-19(2)20(3)9-10-22(5)26-15-16-27-23(8-7-17-28(26,27)6)12-13-24-18-25(29)14-11-21(24)4/h9-10,12-13,19-20,22,25-27,29H,4,7-8,11,14-18H2,1-3,5-6H3/b10-9+,23-12+,24-13-/t20?,22-,25+,26?,27?,28?/m1/s1. The molecule has 0 aliphatic heterocycles. The van der Waals surface area contributed by atoms with Crippen LogP contribution >= 0.6 is 0 Å². The molecule has 1 heteroatoms. The molecule has 6 atom stereocenters. The summed E-state index contributed by atoms with van der Waals surface area (Å²) < 4.78 is 0. The van der Waals surface area contributed by atoms with E-state index in [9.17, 15) is 5.11 Å². The highest BCUT2D eigenvalue weighted by atomic mass is 16.3. The van der Waals surface area contributed by atoms with Crippen molar-refractivity contribution in [2.75, 3.05) is 0 Å². The molecular weight excluding hydrogens is 352 g/mol. The van der Waals surface area contributed by atoms with Crippen LogP contribution in [0.1, 0.15) is 86.0 Å². The Balaban J connectivity index is 1.75. The molecule has 4 unspecified atom stereocenters. The van der Waals surface area contributed by atoms with Crippen molar-refractivity contribution in [1.82, 2.24) is 0 Å². The average Bonchev–Trinajstić information content (AvgIpc) is 3.04. The molecule has 0 spiro atoms. The molecule has 0 aromatic rings. The highest BCUT2D eigenvalue weighted by molar-refractivity contribution is 5.36. The molecule has 0 aromatic carbocycles. The zero-order valence-electron chi connectivity index (χ0n) is 19.6. The van der Waals surface area contributed by atoms with Gasteiger partial charge in [0, 0.05) is 0 Å². The van der Waals surface area contributed by atoms with Crippen molar-refractivity contribution in [2.45, 2.75) is 92.1 Å². The van der Waals surface area contributed by atoms with Gasteiger partial charge in [0.2, 0.25) is 0 Å². The summed E-state index contributed by atoms with van der Waals surface area (Å²) in [6.45, 7) is 16.3. The highest BCUT2D eigenvalue weighted by Gasteiger charge is 2.50. The van der Waals surface area contributed by atoms with Crippen LogP contribution in [0.5, 0.6) is 0 Å². The van der Waals surface area contributed by atoms with Crippen LogP contribution in [0.2, 0.25) is 0 Å². The van der Waals surface area contributed by atoms with Crippen LogP contribution in [0.15, 0.2) is 47.6 Å². The van der Waals surface area contributed by atoms with Crippen LogP contribution < -0.4 is 0 Å². The third-order valence-electron chi connectivity index (χ3n) is 8.63. The van der Waals surface area contributed by atoms with Crippen molar-refractivity contribution in [3.05, 3.63) is 47.6 Å². The second-order valence-electron chi connectivity index (χ2n) is 10.9. The fraction of sp³-hybridized carbons (Fsp3) is 0.714. The average molecular weight is 397 g/mol. The largest absolute Gasteiger partial charge is 0.393 e. The van der Waals surface area contributed by atoms with E-state index in [1.807, 2.05) is 0 Å². The molecule has 1 N–H and O–H groups in total. The van der Waals surface area contributed by atoms with E-state index in [0.717, 1.165) is 37.0 Å². The van der Waals surface area contributed by atoms with Crippen LogP contribution in [0.3, 0.4) is 0 Å². The van der Waals surface area contributed by atoms with Gasteiger partial charge in [0.05, 0.1) is 6.10 Å². The summed E-state index contributed by atoms with van der Waals surface area (Å²) in [6, 6.07) is 0. The maximum absolute atomic E-state index is 10.0. The van der Waals surface area contributed by atoms with Gasteiger partial charge in [-0.2, -0.15) is 0 Å². The lowest BCUT2D eigenvalue weighted by atomic mass is 9.61. The molecule has 3 aliphatic carbocycles. The number of allylic oxidation sites excluding steroid dienone is 6. The van der Waals surface area contributed by atoms with Gasteiger partial charge in [-0.05, 0) is 91.9 Å². The molecule has 3 saturated carbocycles. The molecule has 3 fully saturated rings. The Morgan fingerprint density at radius 1 is 1.03 bits per heavy atom. The van der Waals surface area contributed by atoms with Gasteiger partial charge in [0.1, 0.15) is 0 Å². The third-order valence-corrected chi connectivity index (χ3v) is 8.63. The monoisotopic (exact) mass is 396 g/mol. The van der Waals surface area contributed by atoms with E-state index < -0.39 is 0 Å². The number of hydrogen-bond acceptors (Lipinski definition) is 1. The molecule has 0 saturated heterocycles. The lowest BCUT2D eigenvalue weighted by molar-refractivity contribution is 0.112. The number of rotatable bonds is 5. The molecule has 29 heavy (non-hydrogen) atoms. The summed E-state index contributed by atoms with van der Waals surface area (Å²) in [5, 5.41) is 10.0. The van der Waals surface area contributed by atoms with Crippen molar-refractivity contribution in [2.24, 2.45) is 35.0 Å². The summed E-state index contributed by atoms with van der Waals surface area (Å²) in [6.07, 6.45) is 18.8. The topological polar surface area (TPSA) is 20.2 Å². The van der Waals surface area contributed by atoms with Gasteiger partial charge >= 0.3 is 0 Å². The van der Waals surface area contributed by atoms with E-state index in [-0.39, 0.29) is 6.10 Å². The quantitative estimate of drug-likeness (QED) is 0.473. The Labute approximate surface area is 180 Å². The van der Waals surface area contributed by atoms with Gasteiger partial charge in [-0.25, -0.2) is 0 Å². The zero-order valence-corrected chi connectivity index (χ0v) is 19.6. The van der Waals surface area contributed by atoms with Crippen LogP contribution in [0.25, 0.3) is 0 Å². The lowest BCUT2D eigenvalue weighted by Crippen LogP contribution is -2.35. The van der Waals surface area contributed by atoms with Gasteiger partial charge in [-0.1, -0.05) is 76.6 Å². The first-order chi connectivity index (χ1) is 13.7. The molecule has 1 nitrogen and oxygen atoms in total. The first-order valence-electron chi connectivity index (χ1n) is 12.2. The minimum Gasteiger partial charge on any atom is -0.393 e. The van der Waals surface area contributed by atoms with Crippen molar-refractivity contribution in [3.63, 3.8) is 0 Å². The Morgan fingerprint density at radius 2 is 1.79 bits per heavy atom. The number of hydrogen-bond donors (Lipinski definition) is 1. The Hall–Kier alpha value is -1.08. The van der Waals surface area contributed by atoms with Crippen LogP contribution in [-0.4, -0.2) is 11.2 Å². The normalized spacial score (nSPS) is 38.2. The molecule has 0 bridgehead atoms. The van der Waals surface area contributed by atoms with E-state index in [1.165, 1.54) is 43.3 Å². The second-order valence-corrected chi connectivity index (χ2v) is 10.9. The van der Waals surface area contributed by atoms with Crippen LogP contribution in [0.4, 0.5) is 0 Å². The van der Waals surface area contributed by atoms with E-state index in [4.69, 9.17) is 0 Å². The second kappa shape index (κ2) is 9.38. The van der Waals surface area contributed by atoms with E-state index >= 15 is 0 Å². The van der Waals surface area contributed by atoms with Crippen molar-refractivity contribution < 1.29 is 5.11 Å². The van der Waals surface area contributed by atoms with Gasteiger partial charge < -0.3 is 5.11 Å². The lowest BCUT2D eigenvalue weighted by Gasteiger charge is -2.44. The van der Waals surface area contributed by atoms with Gasteiger partial charge in [0.25, 0.3) is 0 Å². The maximum atomic E-state index is 10.0. The maximum Gasteiger partial charge on any atom is 0.0583 e. The molecule has 3 aliphatic rings. The fourth-order valence-corrected chi connectivity index (χ4v) is 6.25. The molecule has 0 aromatic heterocycles. The Kier molecular flexibility index (Phi) is 7.31. The van der Waals surface area contributed by atoms with Crippen molar-refractivity contribution in [3.8, 4) is 0 Å².